The lowest BCUT2D eigenvalue weighted by molar-refractivity contribution is 0.271. The standard InChI is InChI=1S/C10H14BrClN2O3S/c1-2-14(4-3-5-15)18(16,17)9-6-8(11)7-13-10(9)12/h6-7,15H,2-5H2,1H3. The van der Waals surface area contributed by atoms with E-state index in [-0.39, 0.29) is 23.2 Å². The first-order chi connectivity index (χ1) is 8.43. The van der Waals surface area contributed by atoms with Crippen molar-refractivity contribution in [3.05, 3.63) is 21.9 Å². The summed E-state index contributed by atoms with van der Waals surface area (Å²) < 4.78 is 26.5. The molecule has 0 fully saturated rings. The number of hydrogen-bond acceptors (Lipinski definition) is 4. The smallest absolute Gasteiger partial charge is 0.246 e. The molecule has 1 rings (SSSR count). The molecule has 0 atom stereocenters. The third-order valence-corrected chi connectivity index (χ3v) is 5.14. The van der Waals surface area contributed by atoms with Crippen LogP contribution in [0.4, 0.5) is 0 Å². The van der Waals surface area contributed by atoms with E-state index in [0.29, 0.717) is 17.4 Å². The topological polar surface area (TPSA) is 70.5 Å². The molecule has 0 amide bonds. The third-order valence-electron chi connectivity index (χ3n) is 2.31. The van der Waals surface area contributed by atoms with Crippen molar-refractivity contribution in [1.29, 1.82) is 0 Å². The Labute approximate surface area is 120 Å². The van der Waals surface area contributed by atoms with E-state index >= 15 is 0 Å². The number of aromatic nitrogens is 1. The Bertz CT molecular complexity index is 510. The monoisotopic (exact) mass is 356 g/mol. The second-order valence-corrected chi connectivity index (χ2v) is 6.70. The maximum Gasteiger partial charge on any atom is 0.246 e. The molecule has 1 aromatic rings. The molecule has 0 aliphatic rings. The summed E-state index contributed by atoms with van der Waals surface area (Å²) in [6, 6.07) is 1.42. The summed E-state index contributed by atoms with van der Waals surface area (Å²) in [5.41, 5.74) is 0. The lowest BCUT2D eigenvalue weighted by Gasteiger charge is -2.20. The van der Waals surface area contributed by atoms with Crippen LogP contribution in [0.1, 0.15) is 13.3 Å². The zero-order valence-electron chi connectivity index (χ0n) is 9.81. The Morgan fingerprint density at radius 1 is 1.56 bits per heavy atom. The molecule has 5 nitrogen and oxygen atoms in total. The van der Waals surface area contributed by atoms with E-state index < -0.39 is 10.0 Å². The van der Waals surface area contributed by atoms with Crippen molar-refractivity contribution in [2.24, 2.45) is 0 Å². The van der Waals surface area contributed by atoms with Crippen LogP contribution < -0.4 is 0 Å². The number of aliphatic hydroxyl groups excluding tert-OH is 1. The Hall–Kier alpha value is -0.210. The van der Waals surface area contributed by atoms with Gasteiger partial charge in [0.25, 0.3) is 0 Å². The molecule has 0 saturated carbocycles. The van der Waals surface area contributed by atoms with Crippen LogP contribution in [-0.2, 0) is 10.0 Å². The van der Waals surface area contributed by atoms with Crippen molar-refractivity contribution in [3.63, 3.8) is 0 Å². The second-order valence-electron chi connectivity index (χ2n) is 3.52. The highest BCUT2D eigenvalue weighted by molar-refractivity contribution is 9.10. The second kappa shape index (κ2) is 6.81. The number of aliphatic hydroxyl groups is 1. The van der Waals surface area contributed by atoms with Crippen molar-refractivity contribution in [3.8, 4) is 0 Å². The fraction of sp³-hybridized carbons (Fsp3) is 0.500. The molecular weight excluding hydrogens is 344 g/mol. The van der Waals surface area contributed by atoms with Gasteiger partial charge in [0.05, 0.1) is 0 Å². The van der Waals surface area contributed by atoms with Gasteiger partial charge in [-0.15, -0.1) is 0 Å². The van der Waals surface area contributed by atoms with Crippen molar-refractivity contribution in [1.82, 2.24) is 9.29 Å². The van der Waals surface area contributed by atoms with E-state index in [9.17, 15) is 8.42 Å². The normalized spacial score (nSPS) is 12.1. The highest BCUT2D eigenvalue weighted by Gasteiger charge is 2.26. The molecule has 0 bridgehead atoms. The van der Waals surface area contributed by atoms with Gasteiger partial charge in [0, 0.05) is 30.4 Å². The first-order valence-electron chi connectivity index (χ1n) is 5.35. The highest BCUT2D eigenvalue weighted by Crippen LogP contribution is 2.25. The van der Waals surface area contributed by atoms with Gasteiger partial charge in [-0.2, -0.15) is 4.31 Å². The Morgan fingerprint density at radius 2 is 2.22 bits per heavy atom. The predicted octanol–water partition coefficient (Wildman–Crippen LogP) is 1.89. The predicted molar refractivity (Wildman–Crippen MR) is 73.1 cm³/mol. The van der Waals surface area contributed by atoms with E-state index in [2.05, 4.69) is 20.9 Å². The largest absolute Gasteiger partial charge is 0.396 e. The number of hydrogen-bond donors (Lipinski definition) is 1. The number of sulfonamides is 1. The number of rotatable bonds is 6. The summed E-state index contributed by atoms with van der Waals surface area (Å²) in [5.74, 6) is 0. The average Bonchev–Trinajstić information content (AvgIpc) is 2.33. The van der Waals surface area contributed by atoms with Gasteiger partial charge in [-0.25, -0.2) is 13.4 Å². The van der Waals surface area contributed by atoms with Gasteiger partial charge in [-0.05, 0) is 28.4 Å². The van der Waals surface area contributed by atoms with E-state index in [1.165, 1.54) is 16.6 Å². The van der Waals surface area contributed by atoms with E-state index in [1.54, 1.807) is 6.92 Å². The molecule has 102 valence electrons. The average molecular weight is 358 g/mol. The molecule has 0 radical (unpaired) electrons. The van der Waals surface area contributed by atoms with Crippen LogP contribution in [0, 0.1) is 0 Å². The van der Waals surface area contributed by atoms with Crippen LogP contribution in [0.25, 0.3) is 0 Å². The molecule has 1 heterocycles. The van der Waals surface area contributed by atoms with Crippen LogP contribution in [-0.4, -0.2) is 42.5 Å². The fourth-order valence-corrected chi connectivity index (χ4v) is 3.83. The molecule has 0 spiro atoms. The molecule has 0 aliphatic carbocycles. The van der Waals surface area contributed by atoms with E-state index in [1.807, 2.05) is 0 Å². The third kappa shape index (κ3) is 3.64. The van der Waals surface area contributed by atoms with Gasteiger partial charge in [0.2, 0.25) is 10.0 Å². The molecule has 0 aliphatic heterocycles. The summed E-state index contributed by atoms with van der Waals surface area (Å²) in [6.45, 7) is 2.23. The van der Waals surface area contributed by atoms with Gasteiger partial charge < -0.3 is 5.11 Å². The van der Waals surface area contributed by atoms with E-state index in [4.69, 9.17) is 16.7 Å². The van der Waals surface area contributed by atoms with Crippen LogP contribution in [0.2, 0.25) is 5.15 Å². The van der Waals surface area contributed by atoms with Gasteiger partial charge in [-0.3, -0.25) is 0 Å². The minimum Gasteiger partial charge on any atom is -0.396 e. The summed E-state index contributed by atoms with van der Waals surface area (Å²) in [7, 11) is -3.68. The van der Waals surface area contributed by atoms with Gasteiger partial charge in [0.1, 0.15) is 10.0 Å². The summed E-state index contributed by atoms with van der Waals surface area (Å²) in [5, 5.41) is 8.72. The first kappa shape index (κ1) is 15.8. The number of halogens is 2. The van der Waals surface area contributed by atoms with Gasteiger partial charge >= 0.3 is 0 Å². The van der Waals surface area contributed by atoms with Crippen molar-refractivity contribution < 1.29 is 13.5 Å². The molecule has 1 aromatic heterocycles. The molecule has 0 unspecified atom stereocenters. The van der Waals surface area contributed by atoms with Gasteiger partial charge in [0.15, 0.2) is 0 Å². The summed E-state index contributed by atoms with van der Waals surface area (Å²) >= 11 is 9.00. The zero-order valence-corrected chi connectivity index (χ0v) is 13.0. The van der Waals surface area contributed by atoms with E-state index in [0.717, 1.165) is 0 Å². The van der Waals surface area contributed by atoms with Crippen LogP contribution in [0.5, 0.6) is 0 Å². The Kier molecular flexibility index (Phi) is 6.00. The number of nitrogens with zero attached hydrogens (tertiary/aromatic N) is 2. The van der Waals surface area contributed by atoms with Crippen LogP contribution >= 0.6 is 27.5 Å². The number of pyridine rings is 1. The first-order valence-corrected chi connectivity index (χ1v) is 7.96. The Morgan fingerprint density at radius 3 is 2.78 bits per heavy atom. The summed E-state index contributed by atoms with van der Waals surface area (Å²) in [4.78, 5) is 3.78. The van der Waals surface area contributed by atoms with Crippen LogP contribution in [0.15, 0.2) is 21.6 Å². The quantitative estimate of drug-likeness (QED) is 0.789. The van der Waals surface area contributed by atoms with Crippen molar-refractivity contribution >= 4 is 37.6 Å². The summed E-state index contributed by atoms with van der Waals surface area (Å²) in [6.07, 6.45) is 1.82. The van der Waals surface area contributed by atoms with Crippen LogP contribution in [0.3, 0.4) is 0 Å². The maximum absolute atomic E-state index is 12.3. The SMILES string of the molecule is CCN(CCCO)S(=O)(=O)c1cc(Br)cnc1Cl. The van der Waals surface area contributed by atoms with Crippen molar-refractivity contribution in [2.75, 3.05) is 19.7 Å². The lowest BCUT2D eigenvalue weighted by atomic mass is 10.4. The highest BCUT2D eigenvalue weighted by atomic mass is 79.9. The minimum absolute atomic E-state index is 0.0293. The van der Waals surface area contributed by atoms with Crippen molar-refractivity contribution in [2.45, 2.75) is 18.2 Å². The minimum atomic E-state index is -3.68. The van der Waals surface area contributed by atoms with Gasteiger partial charge in [-0.1, -0.05) is 18.5 Å². The molecule has 1 N–H and O–H groups in total. The molecule has 0 saturated heterocycles. The maximum atomic E-state index is 12.3. The molecule has 8 heteroatoms. The fourth-order valence-electron chi connectivity index (χ4n) is 1.42. The molecule has 18 heavy (non-hydrogen) atoms. The molecule has 0 aromatic carbocycles. The molecular formula is C10H14BrClN2O3S. The lowest BCUT2D eigenvalue weighted by Crippen LogP contribution is -2.32. The zero-order chi connectivity index (χ0) is 13.8. The Balaban J connectivity index is 3.14.